The number of aliphatic carboxylic acids is 1. The number of esters is 1. The zero-order valence-electron chi connectivity index (χ0n) is 30.1. The van der Waals surface area contributed by atoms with Crippen molar-refractivity contribution in [1.82, 2.24) is 0 Å². The van der Waals surface area contributed by atoms with Gasteiger partial charge in [-0.25, -0.2) is 0 Å². The number of carbonyl (C=O) groups excluding carboxylic acids is 1. The van der Waals surface area contributed by atoms with Crippen LogP contribution in [0.25, 0.3) is 0 Å². The van der Waals surface area contributed by atoms with Crippen LogP contribution in [0.2, 0.25) is 0 Å². The Morgan fingerprint density at radius 1 is 0.500 bits per heavy atom. The molecule has 4 heteroatoms. The van der Waals surface area contributed by atoms with E-state index in [-0.39, 0.29) is 18.5 Å². The third kappa shape index (κ3) is 36.1. The van der Waals surface area contributed by atoms with Gasteiger partial charge in [0.25, 0.3) is 0 Å². The van der Waals surface area contributed by atoms with Crippen molar-refractivity contribution in [3.05, 3.63) is 60.8 Å². The summed E-state index contributed by atoms with van der Waals surface area (Å²) >= 11 is 0. The van der Waals surface area contributed by atoms with Crippen LogP contribution >= 0.6 is 0 Å². The summed E-state index contributed by atoms with van der Waals surface area (Å²) in [5, 5.41) is 8.77. The first-order valence-corrected chi connectivity index (χ1v) is 19.3. The number of carboxylic acid groups (broad SMARTS) is 1. The van der Waals surface area contributed by atoms with Crippen molar-refractivity contribution in [2.24, 2.45) is 0 Å². The Hall–Kier alpha value is -2.36. The molecular weight excluding hydrogens is 568 g/mol. The molecule has 46 heavy (non-hydrogen) atoms. The second kappa shape index (κ2) is 37.1. The topological polar surface area (TPSA) is 63.6 Å². The van der Waals surface area contributed by atoms with Gasteiger partial charge in [-0.2, -0.15) is 0 Å². The van der Waals surface area contributed by atoms with Crippen LogP contribution in [-0.4, -0.2) is 23.1 Å². The number of hydrogen-bond acceptors (Lipinski definition) is 3. The average Bonchev–Trinajstić information content (AvgIpc) is 3.04. The van der Waals surface area contributed by atoms with Gasteiger partial charge >= 0.3 is 11.9 Å². The summed E-state index contributed by atoms with van der Waals surface area (Å²) in [6, 6.07) is 0. The monoisotopic (exact) mass is 641 g/mol. The smallest absolute Gasteiger partial charge is 0.306 e. The molecule has 0 saturated carbocycles. The van der Waals surface area contributed by atoms with Gasteiger partial charge in [0.2, 0.25) is 0 Å². The van der Waals surface area contributed by atoms with E-state index in [9.17, 15) is 9.59 Å². The predicted molar refractivity (Wildman–Crippen MR) is 199 cm³/mol. The first kappa shape index (κ1) is 43.6. The molecule has 264 valence electrons. The number of carboxylic acids is 1. The maximum atomic E-state index is 12.6. The van der Waals surface area contributed by atoms with Crippen molar-refractivity contribution in [3.63, 3.8) is 0 Å². The second-order valence-electron chi connectivity index (χ2n) is 12.7. The number of rotatable bonds is 34. The van der Waals surface area contributed by atoms with Crippen molar-refractivity contribution in [2.45, 2.75) is 193 Å². The average molecular weight is 641 g/mol. The highest BCUT2D eigenvalue weighted by Crippen LogP contribution is 2.18. The molecule has 0 saturated heterocycles. The van der Waals surface area contributed by atoms with E-state index < -0.39 is 5.97 Å². The van der Waals surface area contributed by atoms with Crippen LogP contribution in [-0.2, 0) is 14.3 Å². The van der Waals surface area contributed by atoms with E-state index in [4.69, 9.17) is 9.84 Å². The number of ether oxygens (including phenoxy) is 1. The van der Waals surface area contributed by atoms with Gasteiger partial charge in [0.05, 0.1) is 0 Å². The van der Waals surface area contributed by atoms with Crippen LogP contribution < -0.4 is 0 Å². The van der Waals surface area contributed by atoms with Crippen molar-refractivity contribution in [1.29, 1.82) is 0 Å². The molecule has 0 bridgehead atoms. The fraction of sp³-hybridized carbons (Fsp3) is 0.714. The predicted octanol–water partition coefficient (Wildman–Crippen LogP) is 13.3. The van der Waals surface area contributed by atoms with E-state index in [2.05, 4.69) is 74.6 Å². The largest absolute Gasteiger partial charge is 0.481 e. The SMILES string of the molecule is CC/C=C\C/C=C\C/C=C\C/C=C\C/C=C\CCCCCC(=O)OC(CCCCCCCCCC)CCCCCCCCC(=O)O. The van der Waals surface area contributed by atoms with Crippen molar-refractivity contribution in [3.8, 4) is 0 Å². The molecule has 4 nitrogen and oxygen atoms in total. The van der Waals surface area contributed by atoms with Crippen LogP contribution in [0.4, 0.5) is 0 Å². The van der Waals surface area contributed by atoms with Crippen LogP contribution in [0.1, 0.15) is 187 Å². The Labute approximate surface area is 284 Å². The van der Waals surface area contributed by atoms with Crippen LogP contribution in [0.5, 0.6) is 0 Å². The molecule has 1 N–H and O–H groups in total. The Balaban J connectivity index is 4.07. The number of allylic oxidation sites excluding steroid dienone is 10. The van der Waals surface area contributed by atoms with Crippen LogP contribution in [0.15, 0.2) is 60.8 Å². The zero-order valence-corrected chi connectivity index (χ0v) is 30.1. The molecule has 0 aliphatic heterocycles. The maximum Gasteiger partial charge on any atom is 0.306 e. The summed E-state index contributed by atoms with van der Waals surface area (Å²) in [5.74, 6) is -0.718. The minimum absolute atomic E-state index is 0.0203. The second-order valence-corrected chi connectivity index (χ2v) is 12.7. The Morgan fingerprint density at radius 3 is 1.41 bits per heavy atom. The summed E-state index contributed by atoms with van der Waals surface area (Å²) in [6.07, 6.45) is 50.9. The van der Waals surface area contributed by atoms with E-state index in [0.717, 1.165) is 116 Å². The van der Waals surface area contributed by atoms with E-state index in [0.29, 0.717) is 6.42 Å². The molecule has 0 rings (SSSR count). The molecule has 0 aliphatic rings. The van der Waals surface area contributed by atoms with Crippen molar-refractivity contribution in [2.75, 3.05) is 0 Å². The molecule has 1 unspecified atom stereocenters. The minimum Gasteiger partial charge on any atom is -0.481 e. The van der Waals surface area contributed by atoms with E-state index in [1.165, 1.54) is 44.9 Å². The molecule has 0 amide bonds. The maximum absolute atomic E-state index is 12.6. The quantitative estimate of drug-likeness (QED) is 0.0432. The highest BCUT2D eigenvalue weighted by molar-refractivity contribution is 5.69. The standard InChI is InChI=1S/C42H72O4/c1-3-5-7-9-11-13-14-15-16-17-18-19-20-21-22-23-25-31-35-39-42(45)46-40(36-32-28-24-12-10-8-6-4-2)37-33-29-26-27-30-34-38-41(43)44/h5,7,11,13,15-16,18-19,21-22,40H,3-4,6,8-10,12,14,17,20,23-39H2,1-2H3,(H,43,44)/b7-5-,13-11-,16-15-,19-18-,22-21-. The van der Waals surface area contributed by atoms with Crippen LogP contribution in [0, 0.1) is 0 Å². The Kier molecular flexibility index (Phi) is 35.2. The summed E-state index contributed by atoms with van der Waals surface area (Å²) in [5.41, 5.74) is 0. The molecule has 0 aromatic carbocycles. The normalized spacial score (nSPS) is 12.9. The zero-order chi connectivity index (χ0) is 33.6. The van der Waals surface area contributed by atoms with E-state index in [1.807, 2.05) is 0 Å². The molecule has 0 radical (unpaired) electrons. The first-order chi connectivity index (χ1) is 22.6. The van der Waals surface area contributed by atoms with Crippen molar-refractivity contribution >= 4 is 11.9 Å². The summed E-state index contributed by atoms with van der Waals surface area (Å²) in [7, 11) is 0. The number of unbranched alkanes of at least 4 members (excludes halogenated alkanes) is 15. The van der Waals surface area contributed by atoms with Gasteiger partial charge in [0.1, 0.15) is 6.10 Å². The molecule has 0 heterocycles. The third-order valence-corrected chi connectivity index (χ3v) is 8.25. The van der Waals surface area contributed by atoms with E-state index in [1.54, 1.807) is 0 Å². The summed E-state index contributed by atoms with van der Waals surface area (Å²) < 4.78 is 5.98. The van der Waals surface area contributed by atoms with Gasteiger partial charge in [-0.3, -0.25) is 9.59 Å². The lowest BCUT2D eigenvalue weighted by atomic mass is 10.0. The fourth-order valence-corrected chi connectivity index (χ4v) is 5.45. The van der Waals surface area contributed by atoms with Gasteiger partial charge in [-0.1, -0.05) is 152 Å². The summed E-state index contributed by atoms with van der Waals surface area (Å²) in [6.45, 7) is 4.42. The number of hydrogen-bond donors (Lipinski definition) is 1. The lowest BCUT2D eigenvalue weighted by molar-refractivity contribution is -0.150. The van der Waals surface area contributed by atoms with Gasteiger partial charge in [0.15, 0.2) is 0 Å². The fourth-order valence-electron chi connectivity index (χ4n) is 5.45. The highest BCUT2D eigenvalue weighted by atomic mass is 16.5. The van der Waals surface area contributed by atoms with Crippen LogP contribution in [0.3, 0.4) is 0 Å². The minimum atomic E-state index is -0.698. The molecule has 1 atom stereocenters. The molecule has 0 aliphatic carbocycles. The molecule has 0 fully saturated rings. The Morgan fingerprint density at radius 2 is 0.913 bits per heavy atom. The highest BCUT2D eigenvalue weighted by Gasteiger charge is 2.14. The molecule has 0 spiro atoms. The number of carbonyl (C=O) groups is 2. The van der Waals surface area contributed by atoms with Gasteiger partial charge in [0, 0.05) is 12.8 Å². The lowest BCUT2D eigenvalue weighted by Gasteiger charge is -2.18. The Bertz CT molecular complexity index is 820. The summed E-state index contributed by atoms with van der Waals surface area (Å²) in [4.78, 5) is 23.3. The molecular formula is C42H72O4. The molecule has 0 aromatic heterocycles. The lowest BCUT2D eigenvalue weighted by Crippen LogP contribution is -2.18. The first-order valence-electron chi connectivity index (χ1n) is 19.3. The molecule has 0 aromatic rings. The van der Waals surface area contributed by atoms with Crippen molar-refractivity contribution < 1.29 is 19.4 Å². The third-order valence-electron chi connectivity index (χ3n) is 8.25. The van der Waals surface area contributed by atoms with E-state index >= 15 is 0 Å². The van der Waals surface area contributed by atoms with Gasteiger partial charge < -0.3 is 9.84 Å². The van der Waals surface area contributed by atoms with Gasteiger partial charge in [-0.15, -0.1) is 0 Å². The van der Waals surface area contributed by atoms with Gasteiger partial charge in [-0.05, 0) is 83.5 Å².